The second-order valence-electron chi connectivity index (χ2n) is 8.65. The van der Waals surface area contributed by atoms with Crippen molar-refractivity contribution in [1.82, 2.24) is 14.7 Å². The van der Waals surface area contributed by atoms with Crippen molar-refractivity contribution in [3.63, 3.8) is 0 Å². The van der Waals surface area contributed by atoms with Crippen molar-refractivity contribution in [2.75, 3.05) is 11.4 Å². The van der Waals surface area contributed by atoms with Gasteiger partial charge in [-0.15, -0.1) is 0 Å². The summed E-state index contributed by atoms with van der Waals surface area (Å²) in [5.74, 6) is 0.418. The molecule has 0 bridgehead atoms. The van der Waals surface area contributed by atoms with Crippen LogP contribution in [0.4, 0.5) is 5.82 Å². The average molecular weight is 501 g/mol. The van der Waals surface area contributed by atoms with Gasteiger partial charge in [-0.05, 0) is 56.5 Å². The third kappa shape index (κ3) is 4.71. The fourth-order valence-corrected chi connectivity index (χ4v) is 4.97. The lowest BCUT2D eigenvalue weighted by Crippen LogP contribution is -2.43. The molecule has 8 nitrogen and oxygen atoms in total. The maximum atomic E-state index is 13.1. The molecule has 0 aliphatic carbocycles. The minimum Gasteiger partial charge on any atom is -0.437 e. The van der Waals surface area contributed by atoms with E-state index in [-0.39, 0.29) is 22.0 Å². The Labute approximate surface area is 204 Å². The predicted octanol–water partition coefficient (Wildman–Crippen LogP) is 4.67. The first-order valence-corrected chi connectivity index (χ1v) is 12.6. The normalized spacial score (nSPS) is 17.4. The highest BCUT2D eigenvalue weighted by atomic mass is 35.5. The van der Waals surface area contributed by atoms with Gasteiger partial charge in [0.25, 0.3) is 15.9 Å². The zero-order valence-corrected chi connectivity index (χ0v) is 20.6. The molecule has 1 aliphatic rings. The van der Waals surface area contributed by atoms with Gasteiger partial charge in [0.2, 0.25) is 5.88 Å². The Morgan fingerprint density at radius 2 is 1.91 bits per heavy atom. The SMILES string of the molecule is CC1CCN(c2ncccc2C(=O)NS(=O)(=O)c2cccc(Oc3ccccc3Cl)n2)C1(C)C. The molecule has 34 heavy (non-hydrogen) atoms. The number of para-hydroxylation sites is 1. The first kappa shape index (κ1) is 24.0. The molecule has 1 fully saturated rings. The van der Waals surface area contributed by atoms with Crippen LogP contribution in [0.25, 0.3) is 0 Å². The lowest BCUT2D eigenvalue weighted by atomic mass is 9.90. The molecule has 10 heteroatoms. The summed E-state index contributed by atoms with van der Waals surface area (Å²) in [4.78, 5) is 23.6. The molecule has 1 atom stereocenters. The molecule has 1 amide bonds. The maximum Gasteiger partial charge on any atom is 0.281 e. The number of hydrogen-bond donors (Lipinski definition) is 1. The molecule has 1 aromatic carbocycles. The number of benzene rings is 1. The minimum absolute atomic E-state index is 0.0262. The van der Waals surface area contributed by atoms with E-state index in [1.165, 1.54) is 18.2 Å². The number of sulfonamides is 1. The highest BCUT2D eigenvalue weighted by Gasteiger charge is 2.40. The number of ether oxygens (including phenoxy) is 1. The first-order valence-electron chi connectivity index (χ1n) is 10.8. The van der Waals surface area contributed by atoms with Crippen molar-refractivity contribution in [2.45, 2.75) is 37.8 Å². The van der Waals surface area contributed by atoms with E-state index in [0.29, 0.717) is 22.5 Å². The van der Waals surface area contributed by atoms with Crippen LogP contribution < -0.4 is 14.4 Å². The Hall–Kier alpha value is -3.17. The van der Waals surface area contributed by atoms with E-state index in [1.807, 2.05) is 0 Å². The van der Waals surface area contributed by atoms with Crippen LogP contribution in [0, 0.1) is 5.92 Å². The maximum absolute atomic E-state index is 13.1. The molecule has 178 valence electrons. The predicted molar refractivity (Wildman–Crippen MR) is 130 cm³/mol. The van der Waals surface area contributed by atoms with Gasteiger partial charge < -0.3 is 9.64 Å². The summed E-state index contributed by atoms with van der Waals surface area (Å²) >= 11 is 6.10. The number of carbonyl (C=O) groups excluding carboxylic acids is 1. The van der Waals surface area contributed by atoms with Gasteiger partial charge in [-0.25, -0.2) is 9.71 Å². The van der Waals surface area contributed by atoms with Crippen LogP contribution in [0.2, 0.25) is 5.02 Å². The second kappa shape index (κ2) is 9.23. The molecule has 1 N–H and O–H groups in total. The van der Waals surface area contributed by atoms with Gasteiger partial charge in [0.05, 0.1) is 10.6 Å². The summed E-state index contributed by atoms with van der Waals surface area (Å²) in [7, 11) is -4.28. The van der Waals surface area contributed by atoms with Crippen LogP contribution >= 0.6 is 11.6 Å². The summed E-state index contributed by atoms with van der Waals surface area (Å²) in [6.45, 7) is 7.05. The molecular weight excluding hydrogens is 476 g/mol. The van der Waals surface area contributed by atoms with E-state index in [9.17, 15) is 13.2 Å². The van der Waals surface area contributed by atoms with Crippen molar-refractivity contribution in [3.8, 4) is 11.6 Å². The minimum atomic E-state index is -4.28. The van der Waals surface area contributed by atoms with Gasteiger partial charge in [-0.2, -0.15) is 13.4 Å². The molecule has 0 saturated carbocycles. The number of anilines is 1. The Morgan fingerprint density at radius 3 is 2.62 bits per heavy atom. The van der Waals surface area contributed by atoms with Gasteiger partial charge in [-0.3, -0.25) is 4.79 Å². The highest BCUT2D eigenvalue weighted by molar-refractivity contribution is 7.90. The van der Waals surface area contributed by atoms with Crippen molar-refractivity contribution in [1.29, 1.82) is 0 Å². The van der Waals surface area contributed by atoms with E-state index in [0.717, 1.165) is 13.0 Å². The van der Waals surface area contributed by atoms with Crippen LogP contribution in [-0.4, -0.2) is 36.4 Å². The fraction of sp³-hybridized carbons (Fsp3) is 0.292. The van der Waals surface area contributed by atoms with E-state index in [1.54, 1.807) is 42.6 Å². The van der Waals surface area contributed by atoms with Crippen molar-refractivity contribution in [3.05, 3.63) is 71.4 Å². The second-order valence-corrected chi connectivity index (χ2v) is 10.7. The first-order chi connectivity index (χ1) is 16.1. The third-order valence-electron chi connectivity index (χ3n) is 6.23. The quantitative estimate of drug-likeness (QED) is 0.525. The van der Waals surface area contributed by atoms with Gasteiger partial charge in [0.1, 0.15) is 11.6 Å². The Kier molecular flexibility index (Phi) is 6.51. The summed E-state index contributed by atoms with van der Waals surface area (Å²) in [6.07, 6.45) is 2.54. The highest BCUT2D eigenvalue weighted by Crippen LogP contribution is 2.38. The molecule has 0 radical (unpaired) electrons. The Morgan fingerprint density at radius 1 is 1.15 bits per heavy atom. The van der Waals surface area contributed by atoms with E-state index in [2.05, 4.69) is 40.4 Å². The number of rotatable bonds is 6. The van der Waals surface area contributed by atoms with Crippen LogP contribution in [0.3, 0.4) is 0 Å². The summed E-state index contributed by atoms with van der Waals surface area (Å²) < 4.78 is 33.7. The largest absolute Gasteiger partial charge is 0.437 e. The Balaban J connectivity index is 1.58. The van der Waals surface area contributed by atoms with Gasteiger partial charge >= 0.3 is 0 Å². The van der Waals surface area contributed by atoms with Gasteiger partial charge in [0.15, 0.2) is 5.03 Å². The number of nitrogens with one attached hydrogen (secondary N) is 1. The van der Waals surface area contributed by atoms with Crippen LogP contribution in [0.15, 0.2) is 65.8 Å². The zero-order chi connectivity index (χ0) is 24.5. The topological polar surface area (TPSA) is 101 Å². The van der Waals surface area contributed by atoms with Crippen molar-refractivity contribution >= 4 is 33.3 Å². The average Bonchev–Trinajstić information content (AvgIpc) is 3.07. The molecule has 0 spiro atoms. The molecule has 2 aromatic heterocycles. The van der Waals surface area contributed by atoms with Crippen molar-refractivity contribution in [2.24, 2.45) is 5.92 Å². The number of nitrogens with zero attached hydrogens (tertiary/aromatic N) is 3. The number of pyridine rings is 2. The molecule has 3 aromatic rings. The third-order valence-corrected chi connectivity index (χ3v) is 7.77. The monoisotopic (exact) mass is 500 g/mol. The molecule has 1 aliphatic heterocycles. The molecule has 1 unspecified atom stereocenters. The smallest absolute Gasteiger partial charge is 0.281 e. The van der Waals surface area contributed by atoms with Crippen molar-refractivity contribution < 1.29 is 17.9 Å². The summed E-state index contributed by atoms with van der Waals surface area (Å²) in [5, 5.41) is 0.0000868. The number of hydrogen-bond acceptors (Lipinski definition) is 7. The van der Waals surface area contributed by atoms with Gasteiger partial charge in [-0.1, -0.05) is 36.7 Å². The molecule has 4 rings (SSSR count). The van der Waals surface area contributed by atoms with Gasteiger partial charge in [0, 0.05) is 24.3 Å². The molecular formula is C24H25ClN4O4S. The lowest BCUT2D eigenvalue weighted by Gasteiger charge is -2.36. The molecule has 3 heterocycles. The lowest BCUT2D eigenvalue weighted by molar-refractivity contribution is 0.0981. The molecule has 1 saturated heterocycles. The summed E-state index contributed by atoms with van der Waals surface area (Å²) in [5.41, 5.74) is -0.0505. The fourth-order valence-electron chi connectivity index (χ4n) is 3.87. The number of amides is 1. The number of aromatic nitrogens is 2. The summed E-state index contributed by atoms with van der Waals surface area (Å²) in [6, 6.07) is 14.2. The van der Waals surface area contributed by atoms with E-state index in [4.69, 9.17) is 16.3 Å². The van der Waals surface area contributed by atoms with E-state index < -0.39 is 15.9 Å². The van der Waals surface area contributed by atoms with Crippen LogP contribution in [0.1, 0.15) is 37.6 Å². The van der Waals surface area contributed by atoms with Crippen LogP contribution in [0.5, 0.6) is 11.6 Å². The zero-order valence-electron chi connectivity index (χ0n) is 19.0. The van der Waals surface area contributed by atoms with E-state index >= 15 is 0 Å². The standard InChI is InChI=1S/C24H25ClN4O4S/c1-16-13-15-29(24(16,2)3)22-17(8-7-14-26-22)23(30)28-34(31,32)21-12-6-11-20(27-21)33-19-10-5-4-9-18(19)25/h4-12,14,16H,13,15H2,1-3H3,(H,28,30). The number of halogens is 1. The van der Waals surface area contributed by atoms with Crippen LogP contribution in [-0.2, 0) is 10.0 Å². The number of carbonyl (C=O) groups is 1. The Bertz CT molecular complexity index is 1330.